The SMILES string of the molecule is CCc1ccc(C(=O)NCc2sccc2/C=C/C(=O)O)o1. The number of carbonyl (C=O) groups excluding carboxylic acids is 1. The van der Waals surface area contributed by atoms with Crippen LogP contribution in [0.1, 0.15) is 33.7 Å². The summed E-state index contributed by atoms with van der Waals surface area (Å²) in [5.41, 5.74) is 0.788. The number of hydrogen-bond acceptors (Lipinski definition) is 4. The van der Waals surface area contributed by atoms with E-state index in [2.05, 4.69) is 5.32 Å². The Labute approximate surface area is 125 Å². The molecule has 0 saturated heterocycles. The Bertz CT molecular complexity index is 669. The van der Waals surface area contributed by atoms with Gasteiger partial charge in [-0.2, -0.15) is 0 Å². The van der Waals surface area contributed by atoms with E-state index in [-0.39, 0.29) is 11.7 Å². The molecule has 0 aromatic carbocycles. The van der Waals surface area contributed by atoms with Crippen LogP contribution in [-0.4, -0.2) is 17.0 Å². The van der Waals surface area contributed by atoms with Gasteiger partial charge in [-0.05, 0) is 35.2 Å². The molecule has 0 bridgehead atoms. The number of hydrogen-bond donors (Lipinski definition) is 2. The third-order valence-electron chi connectivity index (χ3n) is 2.83. The van der Waals surface area contributed by atoms with E-state index >= 15 is 0 Å². The summed E-state index contributed by atoms with van der Waals surface area (Å²) in [5.74, 6) is -0.234. The van der Waals surface area contributed by atoms with Gasteiger partial charge in [0, 0.05) is 17.4 Å². The molecule has 2 aromatic rings. The first-order valence-electron chi connectivity index (χ1n) is 6.44. The maximum Gasteiger partial charge on any atom is 0.328 e. The predicted octanol–water partition coefficient (Wildman–Crippen LogP) is 2.93. The van der Waals surface area contributed by atoms with Crippen molar-refractivity contribution in [1.82, 2.24) is 5.32 Å². The minimum atomic E-state index is -1.00. The summed E-state index contributed by atoms with van der Waals surface area (Å²) in [4.78, 5) is 23.3. The molecule has 2 N–H and O–H groups in total. The van der Waals surface area contributed by atoms with Crippen molar-refractivity contribution < 1.29 is 19.1 Å². The molecule has 110 valence electrons. The molecule has 0 unspecified atom stereocenters. The Morgan fingerprint density at radius 2 is 2.19 bits per heavy atom. The van der Waals surface area contributed by atoms with Crippen molar-refractivity contribution >= 4 is 29.3 Å². The van der Waals surface area contributed by atoms with Gasteiger partial charge in [-0.1, -0.05) is 6.92 Å². The Kier molecular flexibility index (Phi) is 4.94. The number of rotatable bonds is 6. The molecule has 2 aromatic heterocycles. The van der Waals surface area contributed by atoms with Gasteiger partial charge in [0.15, 0.2) is 5.76 Å². The molecular weight excluding hydrogens is 290 g/mol. The van der Waals surface area contributed by atoms with Gasteiger partial charge in [-0.3, -0.25) is 4.79 Å². The maximum absolute atomic E-state index is 11.9. The molecule has 0 aliphatic carbocycles. The van der Waals surface area contributed by atoms with E-state index in [1.54, 1.807) is 12.1 Å². The van der Waals surface area contributed by atoms with Crippen LogP contribution in [0, 0.1) is 0 Å². The lowest BCUT2D eigenvalue weighted by Gasteiger charge is -2.02. The Morgan fingerprint density at radius 1 is 1.38 bits per heavy atom. The monoisotopic (exact) mass is 305 g/mol. The first-order valence-corrected chi connectivity index (χ1v) is 7.32. The van der Waals surface area contributed by atoms with Crippen LogP contribution in [0.25, 0.3) is 6.08 Å². The summed E-state index contributed by atoms with van der Waals surface area (Å²) in [7, 11) is 0. The predicted molar refractivity (Wildman–Crippen MR) is 80.2 cm³/mol. The standard InChI is InChI=1S/C15H15NO4S/c1-2-11-4-5-12(20-11)15(19)16-9-13-10(7-8-21-13)3-6-14(17)18/h3-8H,2,9H2,1H3,(H,16,19)(H,17,18)/b6-3+. The number of aryl methyl sites for hydroxylation is 1. The van der Waals surface area contributed by atoms with Gasteiger partial charge in [-0.25, -0.2) is 4.79 Å². The van der Waals surface area contributed by atoms with Gasteiger partial charge in [0.25, 0.3) is 5.91 Å². The van der Waals surface area contributed by atoms with Gasteiger partial charge < -0.3 is 14.8 Å². The average Bonchev–Trinajstić information content (AvgIpc) is 3.11. The summed E-state index contributed by atoms with van der Waals surface area (Å²) >= 11 is 1.46. The van der Waals surface area contributed by atoms with Crippen LogP contribution >= 0.6 is 11.3 Å². The van der Waals surface area contributed by atoms with E-state index in [1.807, 2.05) is 18.4 Å². The Morgan fingerprint density at radius 3 is 2.86 bits per heavy atom. The molecule has 0 aliphatic heterocycles. The lowest BCUT2D eigenvalue weighted by molar-refractivity contribution is -0.131. The second kappa shape index (κ2) is 6.90. The normalized spacial score (nSPS) is 10.9. The van der Waals surface area contributed by atoms with E-state index in [4.69, 9.17) is 9.52 Å². The van der Waals surface area contributed by atoms with E-state index < -0.39 is 5.97 Å². The number of furan rings is 1. The van der Waals surface area contributed by atoms with Crippen LogP contribution in [0.15, 0.2) is 34.1 Å². The number of amides is 1. The van der Waals surface area contributed by atoms with Crippen molar-refractivity contribution in [3.63, 3.8) is 0 Å². The van der Waals surface area contributed by atoms with Crippen molar-refractivity contribution in [3.05, 3.63) is 51.6 Å². The number of aliphatic carboxylic acids is 1. The number of carboxylic acids is 1. The van der Waals surface area contributed by atoms with Crippen molar-refractivity contribution in [1.29, 1.82) is 0 Å². The van der Waals surface area contributed by atoms with Gasteiger partial charge in [-0.15, -0.1) is 11.3 Å². The molecule has 5 nitrogen and oxygen atoms in total. The first-order chi connectivity index (χ1) is 10.1. The average molecular weight is 305 g/mol. The first kappa shape index (κ1) is 15.1. The molecule has 0 atom stereocenters. The van der Waals surface area contributed by atoms with Crippen molar-refractivity contribution in [2.24, 2.45) is 0 Å². The number of nitrogens with one attached hydrogen (secondary N) is 1. The van der Waals surface area contributed by atoms with Crippen LogP contribution in [0.2, 0.25) is 0 Å². The molecule has 2 rings (SSSR count). The molecule has 21 heavy (non-hydrogen) atoms. The molecule has 0 saturated carbocycles. The van der Waals surface area contributed by atoms with E-state index in [0.717, 1.165) is 28.7 Å². The third-order valence-corrected chi connectivity index (χ3v) is 3.77. The summed E-state index contributed by atoms with van der Waals surface area (Å²) in [6.45, 7) is 2.28. The Balaban J connectivity index is 1.98. The fourth-order valence-corrected chi connectivity index (χ4v) is 2.55. The molecular formula is C15H15NO4S. The third kappa shape index (κ3) is 4.06. The lowest BCUT2D eigenvalue weighted by Crippen LogP contribution is -2.22. The fraction of sp³-hybridized carbons (Fsp3) is 0.200. The van der Waals surface area contributed by atoms with Crippen LogP contribution in [0.5, 0.6) is 0 Å². The second-order valence-corrected chi connectivity index (χ2v) is 5.27. The van der Waals surface area contributed by atoms with E-state index in [0.29, 0.717) is 6.54 Å². The minimum Gasteiger partial charge on any atom is -0.478 e. The summed E-state index contributed by atoms with van der Waals surface area (Å²) in [6.07, 6.45) is 3.33. The zero-order valence-corrected chi connectivity index (χ0v) is 12.3. The molecule has 2 heterocycles. The smallest absolute Gasteiger partial charge is 0.328 e. The molecule has 0 spiro atoms. The van der Waals surface area contributed by atoms with Crippen LogP contribution in [0.3, 0.4) is 0 Å². The minimum absolute atomic E-state index is 0.281. The highest BCUT2D eigenvalue weighted by atomic mass is 32.1. The van der Waals surface area contributed by atoms with Crippen molar-refractivity contribution in [3.8, 4) is 0 Å². The lowest BCUT2D eigenvalue weighted by atomic mass is 10.2. The quantitative estimate of drug-likeness (QED) is 0.804. The molecule has 0 radical (unpaired) electrons. The highest BCUT2D eigenvalue weighted by Crippen LogP contribution is 2.18. The van der Waals surface area contributed by atoms with Crippen LogP contribution in [-0.2, 0) is 17.8 Å². The molecule has 0 aliphatic rings. The van der Waals surface area contributed by atoms with Crippen molar-refractivity contribution in [2.45, 2.75) is 19.9 Å². The molecule has 6 heteroatoms. The number of thiophene rings is 1. The highest BCUT2D eigenvalue weighted by Gasteiger charge is 2.11. The summed E-state index contributed by atoms with van der Waals surface area (Å²) < 4.78 is 5.37. The number of carbonyl (C=O) groups is 2. The number of carboxylic acid groups (broad SMARTS) is 1. The zero-order chi connectivity index (χ0) is 15.2. The van der Waals surface area contributed by atoms with E-state index in [9.17, 15) is 9.59 Å². The van der Waals surface area contributed by atoms with Crippen LogP contribution in [0.4, 0.5) is 0 Å². The van der Waals surface area contributed by atoms with Crippen LogP contribution < -0.4 is 5.32 Å². The van der Waals surface area contributed by atoms with Gasteiger partial charge in [0.05, 0.1) is 6.54 Å². The van der Waals surface area contributed by atoms with E-state index in [1.165, 1.54) is 17.4 Å². The fourth-order valence-electron chi connectivity index (χ4n) is 1.74. The van der Waals surface area contributed by atoms with Gasteiger partial charge in [0.1, 0.15) is 5.76 Å². The maximum atomic E-state index is 11.9. The molecule has 0 fully saturated rings. The van der Waals surface area contributed by atoms with Crippen molar-refractivity contribution in [2.75, 3.05) is 0 Å². The second-order valence-electron chi connectivity index (χ2n) is 4.27. The topological polar surface area (TPSA) is 79.5 Å². The summed E-state index contributed by atoms with van der Waals surface area (Å²) in [5, 5.41) is 13.2. The van der Waals surface area contributed by atoms with Gasteiger partial charge in [0.2, 0.25) is 0 Å². The largest absolute Gasteiger partial charge is 0.478 e. The highest BCUT2D eigenvalue weighted by molar-refractivity contribution is 7.10. The molecule has 1 amide bonds. The zero-order valence-electron chi connectivity index (χ0n) is 11.5. The Hall–Kier alpha value is -2.34. The van der Waals surface area contributed by atoms with Gasteiger partial charge >= 0.3 is 5.97 Å². The summed E-state index contributed by atoms with van der Waals surface area (Å²) in [6, 6.07) is 5.24.